The third-order valence-electron chi connectivity index (χ3n) is 7.79. The quantitative estimate of drug-likeness (QED) is 0.130. The molecule has 0 heterocycles. The van der Waals surface area contributed by atoms with Crippen molar-refractivity contribution in [3.8, 4) is 17.2 Å². The van der Waals surface area contributed by atoms with Crippen LogP contribution in [0.4, 0.5) is 5.69 Å². The highest BCUT2D eigenvalue weighted by molar-refractivity contribution is 7.92. The molecule has 0 saturated carbocycles. The number of halogens is 3. The van der Waals surface area contributed by atoms with Crippen molar-refractivity contribution in [3.63, 3.8) is 0 Å². The molecule has 0 radical (unpaired) electrons. The van der Waals surface area contributed by atoms with Gasteiger partial charge in [-0.2, -0.15) is 0 Å². The summed E-state index contributed by atoms with van der Waals surface area (Å²) >= 11 is 18.9. The zero-order chi connectivity index (χ0) is 36.4. The topological polar surface area (TPSA) is 114 Å². The molecular weight excluding hydrogens is 725 g/mol. The van der Waals surface area contributed by atoms with Gasteiger partial charge < -0.3 is 24.4 Å². The fraction of sp³-hybridized carbons (Fsp3) is 0.278. The van der Waals surface area contributed by atoms with Gasteiger partial charge in [-0.25, -0.2) is 8.42 Å². The SMILES string of the molecule is CCCNC(=O)C(Cc1ccccc1)N(Cc1ccc(Cl)c(Cl)c1)C(=O)CN(c1cc(Cl)ccc1OC)S(=O)(=O)c1ccc(OC)c(OC)c1. The van der Waals surface area contributed by atoms with Crippen LogP contribution in [-0.4, -0.2) is 65.6 Å². The predicted octanol–water partition coefficient (Wildman–Crippen LogP) is 7.03. The van der Waals surface area contributed by atoms with E-state index in [1.165, 1.54) is 62.6 Å². The average molecular weight is 763 g/mol. The van der Waals surface area contributed by atoms with Crippen LogP contribution in [-0.2, 0) is 32.6 Å². The zero-order valence-electron chi connectivity index (χ0n) is 28.0. The first-order valence-electron chi connectivity index (χ1n) is 15.6. The smallest absolute Gasteiger partial charge is 0.265 e. The summed E-state index contributed by atoms with van der Waals surface area (Å²) in [5.74, 6) is -0.476. The second-order valence-corrected chi connectivity index (χ2v) is 14.2. The summed E-state index contributed by atoms with van der Waals surface area (Å²) in [7, 11) is -0.335. The van der Waals surface area contributed by atoms with Crippen LogP contribution in [0, 0.1) is 0 Å². The van der Waals surface area contributed by atoms with Gasteiger partial charge in [0.2, 0.25) is 11.8 Å². The molecule has 1 N–H and O–H groups in total. The van der Waals surface area contributed by atoms with Gasteiger partial charge in [0.25, 0.3) is 10.0 Å². The van der Waals surface area contributed by atoms with Crippen LogP contribution in [0.3, 0.4) is 0 Å². The summed E-state index contributed by atoms with van der Waals surface area (Å²) in [5, 5.41) is 3.68. The number of nitrogens with one attached hydrogen (secondary N) is 1. The Kier molecular flexibility index (Phi) is 13.7. The molecule has 14 heteroatoms. The number of ether oxygens (including phenoxy) is 3. The number of carbonyl (C=O) groups is 2. The highest BCUT2D eigenvalue weighted by Crippen LogP contribution is 2.37. The molecule has 0 bridgehead atoms. The predicted molar refractivity (Wildman–Crippen MR) is 196 cm³/mol. The van der Waals surface area contributed by atoms with E-state index in [4.69, 9.17) is 49.0 Å². The van der Waals surface area contributed by atoms with Crippen LogP contribution >= 0.6 is 34.8 Å². The molecule has 1 unspecified atom stereocenters. The van der Waals surface area contributed by atoms with Gasteiger partial charge >= 0.3 is 0 Å². The number of rotatable bonds is 16. The molecule has 0 aromatic heterocycles. The number of hydrogen-bond acceptors (Lipinski definition) is 7. The van der Waals surface area contributed by atoms with Gasteiger partial charge in [0.1, 0.15) is 18.3 Å². The van der Waals surface area contributed by atoms with Crippen LogP contribution in [0.2, 0.25) is 15.1 Å². The maximum atomic E-state index is 14.7. The minimum atomic E-state index is -4.52. The summed E-state index contributed by atoms with van der Waals surface area (Å²) in [6, 6.07) is 21.6. The van der Waals surface area contributed by atoms with E-state index in [0.29, 0.717) is 29.3 Å². The van der Waals surface area contributed by atoms with Crippen LogP contribution in [0.1, 0.15) is 24.5 Å². The van der Waals surface area contributed by atoms with Crippen molar-refractivity contribution in [1.29, 1.82) is 0 Å². The highest BCUT2D eigenvalue weighted by Gasteiger charge is 2.36. The van der Waals surface area contributed by atoms with Gasteiger partial charge in [-0.1, -0.05) is 78.1 Å². The number of sulfonamides is 1. The first-order valence-corrected chi connectivity index (χ1v) is 18.1. The molecule has 0 spiro atoms. The molecule has 4 aromatic rings. The van der Waals surface area contributed by atoms with E-state index in [2.05, 4.69) is 5.32 Å². The monoisotopic (exact) mass is 761 g/mol. The number of nitrogens with zero attached hydrogens (tertiary/aromatic N) is 2. The Morgan fingerprint density at radius 3 is 2.10 bits per heavy atom. The van der Waals surface area contributed by atoms with Crippen LogP contribution in [0.25, 0.3) is 0 Å². The van der Waals surface area contributed by atoms with E-state index in [0.717, 1.165) is 9.87 Å². The number of amides is 2. The van der Waals surface area contributed by atoms with E-state index in [1.807, 2.05) is 37.3 Å². The Labute approximate surface area is 307 Å². The van der Waals surface area contributed by atoms with E-state index in [-0.39, 0.29) is 45.1 Å². The fourth-order valence-electron chi connectivity index (χ4n) is 5.23. The summed E-state index contributed by atoms with van der Waals surface area (Å²) in [4.78, 5) is 29.8. The zero-order valence-corrected chi connectivity index (χ0v) is 31.1. The Balaban J connectivity index is 1.89. The van der Waals surface area contributed by atoms with Gasteiger partial charge in [-0.15, -0.1) is 0 Å². The van der Waals surface area contributed by atoms with Crippen molar-refractivity contribution in [2.24, 2.45) is 0 Å². The van der Waals surface area contributed by atoms with Crippen LogP contribution in [0.5, 0.6) is 17.2 Å². The second kappa shape index (κ2) is 17.7. The molecule has 4 aromatic carbocycles. The fourth-order valence-corrected chi connectivity index (χ4v) is 7.15. The summed E-state index contributed by atoms with van der Waals surface area (Å²) < 4.78 is 46.3. The molecule has 0 aliphatic rings. The molecule has 0 saturated heterocycles. The molecule has 10 nitrogen and oxygen atoms in total. The van der Waals surface area contributed by atoms with Crippen LogP contribution in [0.15, 0.2) is 89.8 Å². The average Bonchev–Trinajstić information content (AvgIpc) is 3.12. The summed E-state index contributed by atoms with van der Waals surface area (Å²) in [5.41, 5.74) is 1.37. The Hall–Kier alpha value is -4.16. The van der Waals surface area contributed by atoms with Crippen molar-refractivity contribution in [1.82, 2.24) is 10.2 Å². The lowest BCUT2D eigenvalue weighted by Gasteiger charge is -2.34. The molecule has 0 fully saturated rings. The Bertz CT molecular complexity index is 1910. The number of anilines is 1. The summed E-state index contributed by atoms with van der Waals surface area (Å²) in [6.07, 6.45) is 0.808. The standard InChI is InChI=1S/C36H38Cl3N3O7S/c1-5-17-40-36(44)31(19-24-9-7-6-8-10-24)41(22-25-11-14-28(38)29(39)18-25)35(43)23-42(30-20-26(37)12-15-32(30)47-2)50(45,46)27-13-16-33(48-3)34(21-27)49-4/h6-16,18,20-21,31H,5,17,19,22-23H2,1-4H3,(H,40,44). The summed E-state index contributed by atoms with van der Waals surface area (Å²) in [6.45, 7) is 1.46. The van der Waals surface area contributed by atoms with Crippen molar-refractivity contribution in [2.75, 3.05) is 38.7 Å². The lowest BCUT2D eigenvalue weighted by atomic mass is 10.0. The molecule has 266 valence electrons. The van der Waals surface area contributed by atoms with Crippen LogP contribution < -0.4 is 23.8 Å². The molecule has 0 aliphatic heterocycles. The largest absolute Gasteiger partial charge is 0.495 e. The third-order valence-corrected chi connectivity index (χ3v) is 10.5. The lowest BCUT2D eigenvalue weighted by Crippen LogP contribution is -2.53. The Morgan fingerprint density at radius 2 is 1.46 bits per heavy atom. The molecule has 50 heavy (non-hydrogen) atoms. The van der Waals surface area contributed by atoms with E-state index >= 15 is 0 Å². The molecular formula is C36H38Cl3N3O7S. The Morgan fingerprint density at radius 1 is 0.780 bits per heavy atom. The second-order valence-electron chi connectivity index (χ2n) is 11.1. The van der Waals surface area contributed by atoms with Gasteiger partial charge in [0, 0.05) is 30.6 Å². The third kappa shape index (κ3) is 9.33. The number of carbonyl (C=O) groups excluding carboxylic acids is 2. The number of methoxy groups -OCH3 is 3. The minimum absolute atomic E-state index is 0.00710. The molecule has 2 amide bonds. The van der Waals surface area contributed by atoms with Gasteiger partial charge in [0.05, 0.1) is 42.0 Å². The van der Waals surface area contributed by atoms with Crippen molar-refractivity contribution in [2.45, 2.75) is 37.2 Å². The van der Waals surface area contributed by atoms with E-state index in [9.17, 15) is 18.0 Å². The van der Waals surface area contributed by atoms with Gasteiger partial charge in [0.15, 0.2) is 11.5 Å². The maximum Gasteiger partial charge on any atom is 0.265 e. The highest BCUT2D eigenvalue weighted by atomic mass is 35.5. The first kappa shape index (κ1) is 38.6. The maximum absolute atomic E-state index is 14.7. The normalized spacial score (nSPS) is 11.7. The van der Waals surface area contributed by atoms with E-state index < -0.39 is 34.4 Å². The number of hydrogen-bond donors (Lipinski definition) is 1. The molecule has 1 atom stereocenters. The van der Waals surface area contributed by atoms with Crippen molar-refractivity contribution in [3.05, 3.63) is 111 Å². The van der Waals surface area contributed by atoms with Crippen molar-refractivity contribution < 1.29 is 32.2 Å². The first-order chi connectivity index (χ1) is 23.9. The van der Waals surface area contributed by atoms with E-state index in [1.54, 1.807) is 18.2 Å². The lowest BCUT2D eigenvalue weighted by molar-refractivity contribution is -0.140. The van der Waals surface area contributed by atoms with Gasteiger partial charge in [-0.3, -0.25) is 13.9 Å². The number of benzene rings is 4. The van der Waals surface area contributed by atoms with Gasteiger partial charge in [-0.05, 0) is 60.0 Å². The molecule has 4 rings (SSSR count). The van der Waals surface area contributed by atoms with Crippen molar-refractivity contribution >= 4 is 62.3 Å². The minimum Gasteiger partial charge on any atom is -0.495 e. The molecule has 0 aliphatic carbocycles.